The van der Waals surface area contributed by atoms with Gasteiger partial charge in [-0.3, -0.25) is 4.79 Å². The van der Waals surface area contributed by atoms with Crippen LogP contribution in [0.4, 0.5) is 5.69 Å². The fraction of sp³-hybridized carbons (Fsp3) is 0.588. The Labute approximate surface area is 149 Å². The summed E-state index contributed by atoms with van der Waals surface area (Å²) in [6.07, 6.45) is 2.73. The zero-order valence-electron chi connectivity index (χ0n) is 15.0. The van der Waals surface area contributed by atoms with Crippen LogP contribution >= 0.6 is 0 Å². The summed E-state index contributed by atoms with van der Waals surface area (Å²) in [7, 11) is 0.266. The van der Waals surface area contributed by atoms with Crippen LogP contribution in [0.2, 0.25) is 0 Å². The van der Waals surface area contributed by atoms with E-state index in [1.165, 1.54) is 12.1 Å². The van der Waals surface area contributed by atoms with Crippen molar-refractivity contribution < 1.29 is 17.9 Å². The van der Waals surface area contributed by atoms with Gasteiger partial charge in [0.1, 0.15) is 5.75 Å². The largest absolute Gasteiger partial charge is 0.478 e. The van der Waals surface area contributed by atoms with E-state index in [1.807, 2.05) is 19.0 Å². The summed E-state index contributed by atoms with van der Waals surface area (Å²) in [6.45, 7) is 3.21. The van der Waals surface area contributed by atoms with E-state index < -0.39 is 16.1 Å². The number of nitrogens with zero attached hydrogens (tertiary/aromatic N) is 1. The van der Waals surface area contributed by atoms with E-state index in [2.05, 4.69) is 17.0 Å². The van der Waals surface area contributed by atoms with Gasteiger partial charge in [-0.2, -0.15) is 0 Å². The average Bonchev–Trinajstić information content (AvgIpc) is 2.56. The lowest BCUT2D eigenvalue weighted by atomic mass is 10.1. The van der Waals surface area contributed by atoms with Crippen LogP contribution in [0.25, 0.3) is 0 Å². The van der Waals surface area contributed by atoms with Gasteiger partial charge in [-0.25, -0.2) is 13.1 Å². The van der Waals surface area contributed by atoms with Crippen molar-refractivity contribution in [3.05, 3.63) is 18.2 Å². The summed E-state index contributed by atoms with van der Waals surface area (Å²) in [5.41, 5.74) is 0.397. The summed E-state index contributed by atoms with van der Waals surface area (Å²) in [5, 5.41) is 2.75. The third-order valence-corrected chi connectivity index (χ3v) is 5.43. The van der Waals surface area contributed by atoms with Crippen LogP contribution in [0.5, 0.6) is 5.75 Å². The molecule has 8 heteroatoms. The first-order chi connectivity index (χ1) is 11.8. The maximum absolute atomic E-state index is 12.4. The lowest BCUT2D eigenvalue weighted by molar-refractivity contribution is -0.123. The van der Waals surface area contributed by atoms with Gasteiger partial charge in [-0.15, -0.1) is 0 Å². The Morgan fingerprint density at radius 3 is 2.72 bits per heavy atom. The van der Waals surface area contributed by atoms with Crippen LogP contribution in [0.1, 0.15) is 32.6 Å². The Morgan fingerprint density at radius 2 is 2.04 bits per heavy atom. The van der Waals surface area contributed by atoms with Gasteiger partial charge in [0.25, 0.3) is 5.91 Å². The number of carbonyl (C=O) groups is 1. The summed E-state index contributed by atoms with van der Waals surface area (Å²) < 4.78 is 33.0. The number of benzene rings is 1. The molecule has 0 spiro atoms. The number of anilines is 1. The number of amides is 1. The van der Waals surface area contributed by atoms with Gasteiger partial charge in [0, 0.05) is 6.54 Å². The third kappa shape index (κ3) is 5.42. The second kappa shape index (κ2) is 8.64. The van der Waals surface area contributed by atoms with Gasteiger partial charge in [-0.05, 0) is 58.1 Å². The Bertz CT molecular complexity index is 704. The fourth-order valence-electron chi connectivity index (χ4n) is 2.56. The minimum Gasteiger partial charge on any atom is -0.478 e. The van der Waals surface area contributed by atoms with Gasteiger partial charge >= 0.3 is 0 Å². The molecule has 2 rings (SSSR count). The molecule has 140 valence electrons. The van der Waals surface area contributed by atoms with Crippen LogP contribution in [-0.4, -0.2) is 52.5 Å². The summed E-state index contributed by atoms with van der Waals surface area (Å²) in [4.78, 5) is 14.2. The molecule has 1 atom stereocenters. The molecule has 1 unspecified atom stereocenters. The van der Waals surface area contributed by atoms with Crippen LogP contribution in [0.15, 0.2) is 23.1 Å². The molecule has 1 aliphatic rings. The van der Waals surface area contributed by atoms with Crippen LogP contribution in [0.3, 0.4) is 0 Å². The predicted octanol–water partition coefficient (Wildman–Crippen LogP) is 1.81. The van der Waals surface area contributed by atoms with E-state index in [0.717, 1.165) is 25.8 Å². The molecule has 1 aromatic rings. The van der Waals surface area contributed by atoms with Gasteiger partial charge in [0.15, 0.2) is 6.10 Å². The van der Waals surface area contributed by atoms with Gasteiger partial charge in [0.05, 0.1) is 10.6 Å². The maximum atomic E-state index is 12.4. The average molecular weight is 369 g/mol. The van der Waals surface area contributed by atoms with Crippen molar-refractivity contribution >= 4 is 21.6 Å². The lowest BCUT2D eigenvalue weighted by Gasteiger charge is -2.26. The van der Waals surface area contributed by atoms with E-state index in [0.29, 0.717) is 24.4 Å². The first-order valence-corrected chi connectivity index (χ1v) is 10.1. The van der Waals surface area contributed by atoms with Crippen LogP contribution in [-0.2, 0) is 14.8 Å². The van der Waals surface area contributed by atoms with Crippen LogP contribution in [0, 0.1) is 0 Å². The van der Waals surface area contributed by atoms with E-state index in [9.17, 15) is 13.2 Å². The van der Waals surface area contributed by atoms with Crippen molar-refractivity contribution in [3.8, 4) is 5.75 Å². The molecule has 0 saturated heterocycles. The first-order valence-electron chi connectivity index (χ1n) is 8.59. The molecule has 0 bridgehead atoms. The van der Waals surface area contributed by atoms with E-state index >= 15 is 0 Å². The Balaban J connectivity index is 2.05. The van der Waals surface area contributed by atoms with Crippen molar-refractivity contribution in [2.24, 2.45) is 0 Å². The Hall–Kier alpha value is -1.64. The minimum absolute atomic E-state index is 0.118. The van der Waals surface area contributed by atoms with Crippen molar-refractivity contribution in [2.75, 3.05) is 32.5 Å². The zero-order valence-corrected chi connectivity index (χ0v) is 15.9. The molecule has 0 radical (unpaired) electrons. The molecule has 2 N–H and O–H groups in total. The van der Waals surface area contributed by atoms with E-state index in [4.69, 9.17) is 4.74 Å². The second-order valence-electron chi connectivity index (χ2n) is 6.45. The molecule has 1 aromatic carbocycles. The second-order valence-corrected chi connectivity index (χ2v) is 8.22. The van der Waals surface area contributed by atoms with Gasteiger partial charge in [0.2, 0.25) is 10.0 Å². The number of rotatable bonds is 9. The number of sulfonamides is 1. The van der Waals surface area contributed by atoms with Gasteiger partial charge in [-0.1, -0.05) is 13.3 Å². The van der Waals surface area contributed by atoms with Crippen molar-refractivity contribution in [1.29, 1.82) is 0 Å². The highest BCUT2D eigenvalue weighted by molar-refractivity contribution is 7.89. The molecule has 1 aliphatic heterocycles. The molecule has 0 aromatic heterocycles. The van der Waals surface area contributed by atoms with E-state index in [-0.39, 0.29) is 10.8 Å². The molecule has 25 heavy (non-hydrogen) atoms. The minimum atomic E-state index is -3.61. The van der Waals surface area contributed by atoms with Crippen LogP contribution < -0.4 is 14.8 Å². The number of hydrogen-bond acceptors (Lipinski definition) is 5. The highest BCUT2D eigenvalue weighted by Crippen LogP contribution is 2.32. The number of unbranched alkanes of at least 4 members (excludes halogenated alkanes) is 1. The fourth-order valence-corrected chi connectivity index (χ4v) is 3.66. The topological polar surface area (TPSA) is 87.7 Å². The highest BCUT2D eigenvalue weighted by Gasteiger charge is 2.28. The summed E-state index contributed by atoms with van der Waals surface area (Å²) in [5.74, 6) is 0.279. The molecule has 0 saturated carbocycles. The number of hydrogen-bond donors (Lipinski definition) is 2. The molecule has 7 nitrogen and oxygen atoms in total. The third-order valence-electron chi connectivity index (χ3n) is 3.97. The summed E-state index contributed by atoms with van der Waals surface area (Å²) in [6, 6.07) is 4.54. The lowest BCUT2D eigenvalue weighted by Crippen LogP contribution is -2.37. The number of ether oxygens (including phenoxy) is 1. The van der Waals surface area contributed by atoms with Gasteiger partial charge < -0.3 is 15.0 Å². The number of nitrogens with one attached hydrogen (secondary N) is 2. The molecule has 1 amide bonds. The highest BCUT2D eigenvalue weighted by atomic mass is 32.2. The predicted molar refractivity (Wildman–Crippen MR) is 97.4 cm³/mol. The number of fused-ring (bicyclic) bond motifs is 1. The standard InChI is InChI=1S/C17H27N3O4S/c1-4-5-7-16-17(21)19-14-12-13(8-9-15(14)24-16)25(22,23)18-10-6-11-20(2)3/h8-9,12,16,18H,4-7,10-11H2,1-3H3,(H,19,21). The molecular weight excluding hydrogens is 342 g/mol. The quantitative estimate of drug-likeness (QED) is 0.648. The monoisotopic (exact) mass is 369 g/mol. The van der Waals surface area contributed by atoms with Crippen molar-refractivity contribution in [2.45, 2.75) is 43.6 Å². The maximum Gasteiger partial charge on any atom is 0.265 e. The zero-order chi connectivity index (χ0) is 18.4. The number of carbonyl (C=O) groups excluding carboxylic acids is 1. The van der Waals surface area contributed by atoms with Crippen molar-refractivity contribution in [3.63, 3.8) is 0 Å². The molecule has 1 heterocycles. The Kier molecular flexibility index (Phi) is 6.80. The SMILES string of the molecule is CCCCC1Oc2ccc(S(=O)(=O)NCCCN(C)C)cc2NC1=O. The normalized spacial score (nSPS) is 17.1. The molecule has 0 fully saturated rings. The molecule has 0 aliphatic carbocycles. The Morgan fingerprint density at radius 1 is 1.28 bits per heavy atom. The summed E-state index contributed by atoms with van der Waals surface area (Å²) >= 11 is 0. The van der Waals surface area contributed by atoms with E-state index in [1.54, 1.807) is 6.07 Å². The smallest absolute Gasteiger partial charge is 0.265 e. The molecular formula is C17H27N3O4S. The van der Waals surface area contributed by atoms with Crippen molar-refractivity contribution in [1.82, 2.24) is 9.62 Å². The first kappa shape index (κ1) is 19.7.